The van der Waals surface area contributed by atoms with Gasteiger partial charge in [0.15, 0.2) is 0 Å². The Hall–Kier alpha value is -2.80. The highest BCUT2D eigenvalue weighted by Crippen LogP contribution is 2.38. The molecule has 0 radical (unpaired) electrons. The number of hydrogen-bond acceptors (Lipinski definition) is 5. The Morgan fingerprint density at radius 3 is 2.50 bits per heavy atom. The number of pyridine rings is 2. The first-order valence-corrected chi connectivity index (χ1v) is 9.79. The van der Waals surface area contributed by atoms with Gasteiger partial charge in [0.05, 0.1) is 12.2 Å². The van der Waals surface area contributed by atoms with E-state index in [4.69, 9.17) is 0 Å². The number of piperidine rings is 1. The van der Waals surface area contributed by atoms with Gasteiger partial charge in [-0.25, -0.2) is 4.79 Å². The van der Waals surface area contributed by atoms with Crippen LogP contribution in [-0.2, 0) is 17.9 Å². The van der Waals surface area contributed by atoms with E-state index in [1.54, 1.807) is 17.3 Å². The number of carbonyl (C=O) groups is 2. The number of nitrogens with zero attached hydrogens (tertiary/aromatic N) is 5. The van der Waals surface area contributed by atoms with Gasteiger partial charge in [0.25, 0.3) is 5.91 Å². The van der Waals surface area contributed by atoms with E-state index in [9.17, 15) is 9.59 Å². The van der Waals surface area contributed by atoms with Crippen molar-refractivity contribution in [3.05, 3.63) is 60.2 Å². The first-order chi connectivity index (χ1) is 13.6. The fourth-order valence-corrected chi connectivity index (χ4v) is 4.33. The Kier molecular flexibility index (Phi) is 5.09. The van der Waals surface area contributed by atoms with E-state index in [2.05, 4.69) is 20.9 Å². The Balaban J connectivity index is 1.49. The summed E-state index contributed by atoms with van der Waals surface area (Å²) in [5.74, 6) is -0.0777. The minimum Gasteiger partial charge on any atom is -0.310 e. The van der Waals surface area contributed by atoms with Gasteiger partial charge in [0.2, 0.25) is 0 Å². The van der Waals surface area contributed by atoms with Gasteiger partial charge in [-0.15, -0.1) is 0 Å². The Morgan fingerprint density at radius 2 is 1.86 bits per heavy atom. The number of aromatic nitrogens is 2. The quantitative estimate of drug-likeness (QED) is 0.746. The predicted octanol–water partition coefficient (Wildman–Crippen LogP) is 2.30. The smallest absolute Gasteiger partial charge is 0.310 e. The number of carbonyl (C=O) groups excluding carboxylic acids is 2. The molecule has 2 saturated heterocycles. The van der Waals surface area contributed by atoms with Gasteiger partial charge in [-0.05, 0) is 43.5 Å². The van der Waals surface area contributed by atoms with E-state index in [1.807, 2.05) is 37.4 Å². The minimum absolute atomic E-state index is 0.0777. The molecule has 0 atom stereocenters. The van der Waals surface area contributed by atoms with Crippen molar-refractivity contribution in [1.82, 2.24) is 24.7 Å². The second-order valence-corrected chi connectivity index (χ2v) is 7.41. The van der Waals surface area contributed by atoms with Crippen molar-refractivity contribution in [2.45, 2.75) is 38.4 Å². The van der Waals surface area contributed by atoms with Crippen LogP contribution in [0.5, 0.6) is 0 Å². The maximum atomic E-state index is 13.3. The lowest BCUT2D eigenvalue weighted by Crippen LogP contribution is -2.56. The highest BCUT2D eigenvalue weighted by Gasteiger charge is 2.57. The van der Waals surface area contributed by atoms with Crippen molar-refractivity contribution in [1.29, 1.82) is 0 Å². The maximum absolute atomic E-state index is 13.3. The van der Waals surface area contributed by atoms with Crippen LogP contribution >= 0.6 is 0 Å². The first-order valence-electron chi connectivity index (χ1n) is 9.79. The van der Waals surface area contributed by atoms with Crippen LogP contribution in [0.25, 0.3) is 0 Å². The topological polar surface area (TPSA) is 69.6 Å². The van der Waals surface area contributed by atoms with Gasteiger partial charge < -0.3 is 4.90 Å². The number of amides is 3. The third-order valence-electron chi connectivity index (χ3n) is 5.80. The van der Waals surface area contributed by atoms with Crippen molar-refractivity contribution in [3.63, 3.8) is 0 Å². The molecule has 0 N–H and O–H groups in total. The fraction of sp³-hybridized carbons (Fsp3) is 0.429. The maximum Gasteiger partial charge on any atom is 0.328 e. The summed E-state index contributed by atoms with van der Waals surface area (Å²) in [5, 5.41) is 0. The average Bonchev–Trinajstić information content (AvgIpc) is 2.92. The molecule has 3 amide bonds. The SMILES string of the molecule is CCN1C(=O)N(Cc2ccccn2)C(=O)C12CCN(Cc1cccnc1)CC2. The summed E-state index contributed by atoms with van der Waals surface area (Å²) < 4.78 is 0. The van der Waals surface area contributed by atoms with E-state index < -0.39 is 5.54 Å². The fourth-order valence-electron chi connectivity index (χ4n) is 4.33. The van der Waals surface area contributed by atoms with Crippen LogP contribution < -0.4 is 0 Å². The van der Waals surface area contributed by atoms with Crippen molar-refractivity contribution in [2.24, 2.45) is 0 Å². The molecule has 2 fully saturated rings. The Labute approximate surface area is 165 Å². The molecule has 4 rings (SSSR count). The molecule has 0 aliphatic carbocycles. The first kappa shape index (κ1) is 18.6. The van der Waals surface area contributed by atoms with Crippen LogP contribution in [0.2, 0.25) is 0 Å². The molecule has 146 valence electrons. The molecule has 2 aromatic rings. The van der Waals surface area contributed by atoms with Crippen LogP contribution in [0.1, 0.15) is 31.0 Å². The van der Waals surface area contributed by atoms with Crippen LogP contribution in [0.15, 0.2) is 48.9 Å². The molecule has 28 heavy (non-hydrogen) atoms. The van der Waals surface area contributed by atoms with E-state index in [0.717, 1.165) is 30.9 Å². The molecule has 0 aromatic carbocycles. The molecule has 0 unspecified atom stereocenters. The Bertz CT molecular complexity index is 834. The number of likely N-dealkylation sites (tertiary alicyclic amines) is 1. The molecule has 2 aliphatic heterocycles. The molecule has 4 heterocycles. The third kappa shape index (κ3) is 3.26. The van der Waals surface area contributed by atoms with Gasteiger partial charge in [0, 0.05) is 44.8 Å². The molecule has 1 spiro atoms. The monoisotopic (exact) mass is 379 g/mol. The zero-order valence-electron chi connectivity index (χ0n) is 16.1. The average molecular weight is 379 g/mol. The molecule has 0 saturated carbocycles. The summed E-state index contributed by atoms with van der Waals surface area (Å²) in [6, 6.07) is 9.35. The summed E-state index contributed by atoms with van der Waals surface area (Å²) >= 11 is 0. The van der Waals surface area contributed by atoms with Crippen molar-refractivity contribution >= 4 is 11.9 Å². The van der Waals surface area contributed by atoms with Crippen molar-refractivity contribution in [2.75, 3.05) is 19.6 Å². The van der Waals surface area contributed by atoms with Crippen molar-refractivity contribution in [3.8, 4) is 0 Å². The molecular weight excluding hydrogens is 354 g/mol. The summed E-state index contributed by atoms with van der Waals surface area (Å²) in [7, 11) is 0. The largest absolute Gasteiger partial charge is 0.328 e. The lowest BCUT2D eigenvalue weighted by Gasteiger charge is -2.41. The normalized spacial score (nSPS) is 19.6. The van der Waals surface area contributed by atoms with Gasteiger partial charge in [-0.3, -0.25) is 24.6 Å². The van der Waals surface area contributed by atoms with Crippen LogP contribution in [-0.4, -0.2) is 61.8 Å². The zero-order chi connectivity index (χ0) is 19.6. The molecule has 7 heteroatoms. The summed E-state index contributed by atoms with van der Waals surface area (Å²) in [5.41, 5.74) is 1.18. The van der Waals surface area contributed by atoms with Gasteiger partial charge in [-0.2, -0.15) is 0 Å². The molecule has 2 aliphatic rings. The molecular formula is C21H25N5O2. The summed E-state index contributed by atoms with van der Waals surface area (Å²) in [6.45, 7) is 5.08. The predicted molar refractivity (Wildman–Crippen MR) is 104 cm³/mol. The highest BCUT2D eigenvalue weighted by atomic mass is 16.2. The second-order valence-electron chi connectivity index (χ2n) is 7.41. The highest BCUT2D eigenvalue weighted by molar-refractivity contribution is 6.07. The summed E-state index contributed by atoms with van der Waals surface area (Å²) in [6.07, 6.45) is 6.65. The minimum atomic E-state index is -0.716. The zero-order valence-corrected chi connectivity index (χ0v) is 16.1. The van der Waals surface area contributed by atoms with Gasteiger partial charge >= 0.3 is 6.03 Å². The number of likely N-dealkylation sites (N-methyl/N-ethyl adjacent to an activating group) is 1. The summed E-state index contributed by atoms with van der Waals surface area (Å²) in [4.78, 5) is 40.2. The molecule has 7 nitrogen and oxygen atoms in total. The van der Waals surface area contributed by atoms with Gasteiger partial charge in [-0.1, -0.05) is 12.1 Å². The van der Waals surface area contributed by atoms with Gasteiger partial charge in [0.1, 0.15) is 5.54 Å². The lowest BCUT2D eigenvalue weighted by atomic mass is 9.85. The van der Waals surface area contributed by atoms with Crippen LogP contribution in [0.4, 0.5) is 4.79 Å². The number of hydrogen-bond donors (Lipinski definition) is 0. The van der Waals surface area contributed by atoms with E-state index >= 15 is 0 Å². The molecule has 2 aromatic heterocycles. The molecule has 0 bridgehead atoms. The standard InChI is InChI=1S/C21H25N5O2/c1-2-26-20(28)25(16-18-7-3-4-11-23-18)19(27)21(26)8-12-24(13-9-21)15-17-6-5-10-22-14-17/h3-7,10-11,14H,2,8-9,12-13,15-16H2,1H3. The Morgan fingerprint density at radius 1 is 1.04 bits per heavy atom. The second kappa shape index (κ2) is 7.67. The number of imide groups is 1. The van der Waals surface area contributed by atoms with E-state index in [1.165, 1.54) is 4.90 Å². The van der Waals surface area contributed by atoms with E-state index in [-0.39, 0.29) is 18.5 Å². The van der Waals surface area contributed by atoms with Crippen LogP contribution in [0, 0.1) is 0 Å². The lowest BCUT2D eigenvalue weighted by molar-refractivity contribution is -0.136. The van der Waals surface area contributed by atoms with Crippen LogP contribution in [0.3, 0.4) is 0 Å². The number of urea groups is 1. The van der Waals surface area contributed by atoms with E-state index in [0.29, 0.717) is 19.4 Å². The number of rotatable bonds is 5. The van der Waals surface area contributed by atoms with Crippen molar-refractivity contribution < 1.29 is 9.59 Å². The third-order valence-corrected chi connectivity index (χ3v) is 5.80.